The zero-order valence-electron chi connectivity index (χ0n) is 12.7. The summed E-state index contributed by atoms with van der Waals surface area (Å²) in [5.41, 5.74) is 0.550. The van der Waals surface area contributed by atoms with Crippen molar-refractivity contribution in [1.29, 1.82) is 0 Å². The van der Waals surface area contributed by atoms with Crippen molar-refractivity contribution in [1.82, 2.24) is 0 Å². The number of carbonyl (C=O) groups excluding carboxylic acids is 2. The van der Waals surface area contributed by atoms with Crippen LogP contribution in [0.1, 0.15) is 4.88 Å². The predicted molar refractivity (Wildman–Crippen MR) is 90.4 cm³/mol. The fraction of sp³-hybridized carbons (Fsp3) is 0.176. The number of rotatable bonds is 5. The molecule has 0 radical (unpaired) electrons. The standard InChI is InChI=1S/C17H15NO5S/c19-16(11-23-17(20)6-4-13-2-1-9-24-13)18-12-3-5-14-15(10-12)22-8-7-21-14/h1-6,9-10H,7-8,11H2,(H,18,19)/b6-4+. The molecule has 0 spiro atoms. The van der Waals surface area contributed by atoms with E-state index in [2.05, 4.69) is 5.32 Å². The van der Waals surface area contributed by atoms with Gasteiger partial charge in [0.15, 0.2) is 18.1 Å². The Bertz CT molecular complexity index is 754. The zero-order chi connectivity index (χ0) is 16.8. The molecule has 2 aromatic rings. The molecule has 1 N–H and O–H groups in total. The van der Waals surface area contributed by atoms with Crippen molar-refractivity contribution in [3.05, 3.63) is 46.7 Å². The number of esters is 1. The summed E-state index contributed by atoms with van der Waals surface area (Å²) in [6.07, 6.45) is 2.94. The second kappa shape index (κ2) is 7.65. The molecule has 1 aromatic heterocycles. The van der Waals surface area contributed by atoms with Gasteiger partial charge in [0.2, 0.25) is 0 Å². The summed E-state index contributed by atoms with van der Waals surface area (Å²) in [5.74, 6) is 0.226. The summed E-state index contributed by atoms with van der Waals surface area (Å²) in [6.45, 7) is 0.619. The molecule has 124 valence electrons. The first-order valence-corrected chi connectivity index (χ1v) is 8.16. The SMILES string of the molecule is O=C(COC(=O)/C=C/c1cccs1)Nc1ccc2c(c1)OCCO2. The maximum atomic E-state index is 11.8. The molecule has 3 rings (SSSR count). The van der Waals surface area contributed by atoms with E-state index in [1.165, 1.54) is 17.4 Å². The molecule has 0 unspecified atom stereocenters. The first-order valence-electron chi connectivity index (χ1n) is 7.28. The van der Waals surface area contributed by atoms with Crippen molar-refractivity contribution in [2.24, 2.45) is 0 Å². The highest BCUT2D eigenvalue weighted by Gasteiger charge is 2.13. The number of anilines is 1. The number of ether oxygens (including phenoxy) is 3. The lowest BCUT2D eigenvalue weighted by atomic mass is 10.2. The monoisotopic (exact) mass is 345 g/mol. The maximum Gasteiger partial charge on any atom is 0.331 e. The number of thiophene rings is 1. The van der Waals surface area contributed by atoms with Gasteiger partial charge in [-0.15, -0.1) is 11.3 Å². The molecule has 1 aliphatic rings. The molecule has 24 heavy (non-hydrogen) atoms. The largest absolute Gasteiger partial charge is 0.486 e. The van der Waals surface area contributed by atoms with Crippen molar-refractivity contribution in [2.45, 2.75) is 0 Å². The number of hydrogen-bond donors (Lipinski definition) is 1. The third kappa shape index (κ3) is 4.36. The first kappa shape index (κ1) is 16.1. The quantitative estimate of drug-likeness (QED) is 0.666. The molecule has 7 heteroatoms. The van der Waals surface area contributed by atoms with E-state index in [4.69, 9.17) is 14.2 Å². The van der Waals surface area contributed by atoms with E-state index in [9.17, 15) is 9.59 Å². The fourth-order valence-corrected chi connectivity index (χ4v) is 2.66. The number of hydrogen-bond acceptors (Lipinski definition) is 6. The van der Waals surface area contributed by atoms with E-state index < -0.39 is 11.9 Å². The maximum absolute atomic E-state index is 11.8. The van der Waals surface area contributed by atoms with Crippen LogP contribution in [0.15, 0.2) is 41.8 Å². The Kier molecular flexibility index (Phi) is 5.12. The average Bonchev–Trinajstić information content (AvgIpc) is 3.11. The van der Waals surface area contributed by atoms with Crippen LogP contribution in [0, 0.1) is 0 Å². The van der Waals surface area contributed by atoms with Crippen molar-refractivity contribution < 1.29 is 23.8 Å². The first-order chi connectivity index (χ1) is 11.7. The van der Waals surface area contributed by atoms with Gasteiger partial charge in [-0.1, -0.05) is 6.07 Å². The van der Waals surface area contributed by atoms with Gasteiger partial charge >= 0.3 is 5.97 Å². The minimum Gasteiger partial charge on any atom is -0.486 e. The van der Waals surface area contributed by atoms with Gasteiger partial charge in [0.25, 0.3) is 5.91 Å². The van der Waals surface area contributed by atoms with E-state index in [0.717, 1.165) is 4.88 Å². The molecule has 0 atom stereocenters. The van der Waals surface area contributed by atoms with E-state index >= 15 is 0 Å². The van der Waals surface area contributed by atoms with Crippen LogP contribution in [-0.2, 0) is 14.3 Å². The molecule has 0 saturated carbocycles. The summed E-state index contributed by atoms with van der Waals surface area (Å²) in [7, 11) is 0. The topological polar surface area (TPSA) is 73.9 Å². The van der Waals surface area contributed by atoms with Crippen LogP contribution < -0.4 is 14.8 Å². The Balaban J connectivity index is 1.48. The molecule has 1 aliphatic heterocycles. The molecule has 0 bridgehead atoms. The Morgan fingerprint density at radius 1 is 1.21 bits per heavy atom. The molecule has 0 fully saturated rings. The van der Waals surface area contributed by atoms with E-state index in [0.29, 0.717) is 30.4 Å². The highest BCUT2D eigenvalue weighted by atomic mass is 32.1. The molecular weight excluding hydrogens is 330 g/mol. The smallest absolute Gasteiger partial charge is 0.331 e. The molecule has 1 amide bonds. The summed E-state index contributed by atoms with van der Waals surface area (Å²) in [5, 5.41) is 4.55. The van der Waals surface area contributed by atoms with Gasteiger partial charge in [-0.2, -0.15) is 0 Å². The lowest BCUT2D eigenvalue weighted by molar-refractivity contribution is -0.142. The number of benzene rings is 1. The van der Waals surface area contributed by atoms with Crippen molar-refractivity contribution in [3.63, 3.8) is 0 Å². The Labute approximate surface area is 142 Å². The minimum atomic E-state index is -0.569. The third-order valence-electron chi connectivity index (χ3n) is 3.10. The van der Waals surface area contributed by atoms with Crippen LogP contribution in [0.5, 0.6) is 11.5 Å². The highest BCUT2D eigenvalue weighted by Crippen LogP contribution is 2.32. The zero-order valence-corrected chi connectivity index (χ0v) is 13.5. The third-order valence-corrected chi connectivity index (χ3v) is 3.94. The van der Waals surface area contributed by atoms with Crippen LogP contribution in [0.3, 0.4) is 0 Å². The van der Waals surface area contributed by atoms with Gasteiger partial charge in [-0.05, 0) is 29.7 Å². The molecule has 1 aromatic carbocycles. The van der Waals surface area contributed by atoms with Gasteiger partial charge in [0, 0.05) is 22.7 Å². The van der Waals surface area contributed by atoms with Crippen molar-refractivity contribution in [3.8, 4) is 11.5 Å². The average molecular weight is 345 g/mol. The van der Waals surface area contributed by atoms with Gasteiger partial charge in [0.05, 0.1) is 0 Å². The predicted octanol–water partition coefficient (Wildman–Crippen LogP) is 2.71. The Morgan fingerprint density at radius 3 is 2.83 bits per heavy atom. The second-order valence-electron chi connectivity index (χ2n) is 4.86. The van der Waals surface area contributed by atoms with Crippen LogP contribution in [0.2, 0.25) is 0 Å². The van der Waals surface area contributed by atoms with E-state index in [1.807, 2.05) is 17.5 Å². The van der Waals surface area contributed by atoms with E-state index in [-0.39, 0.29) is 6.61 Å². The Hall–Kier alpha value is -2.80. The number of fused-ring (bicyclic) bond motifs is 1. The second-order valence-corrected chi connectivity index (χ2v) is 5.84. The lowest BCUT2D eigenvalue weighted by Gasteiger charge is -2.18. The molecular formula is C17H15NO5S. The Morgan fingerprint density at radius 2 is 2.04 bits per heavy atom. The van der Waals surface area contributed by atoms with Gasteiger partial charge in [-0.25, -0.2) is 4.79 Å². The van der Waals surface area contributed by atoms with Crippen LogP contribution in [0.4, 0.5) is 5.69 Å². The number of amides is 1. The van der Waals surface area contributed by atoms with Crippen LogP contribution in [-0.4, -0.2) is 31.7 Å². The van der Waals surface area contributed by atoms with Crippen LogP contribution in [0.25, 0.3) is 6.08 Å². The van der Waals surface area contributed by atoms with Crippen molar-refractivity contribution >= 4 is 35.0 Å². The minimum absolute atomic E-state index is 0.359. The highest BCUT2D eigenvalue weighted by molar-refractivity contribution is 7.10. The molecule has 6 nitrogen and oxygen atoms in total. The number of nitrogens with one attached hydrogen (secondary N) is 1. The van der Waals surface area contributed by atoms with E-state index in [1.54, 1.807) is 24.3 Å². The molecule has 2 heterocycles. The van der Waals surface area contributed by atoms with Crippen LogP contribution >= 0.6 is 11.3 Å². The number of carbonyl (C=O) groups is 2. The lowest BCUT2D eigenvalue weighted by Crippen LogP contribution is -2.20. The van der Waals surface area contributed by atoms with Gasteiger partial charge in [-0.3, -0.25) is 4.79 Å². The molecule has 0 saturated heterocycles. The summed E-state index contributed by atoms with van der Waals surface area (Å²) < 4.78 is 15.7. The summed E-state index contributed by atoms with van der Waals surface area (Å²) >= 11 is 1.51. The van der Waals surface area contributed by atoms with Gasteiger partial charge in [0.1, 0.15) is 13.2 Å². The van der Waals surface area contributed by atoms with Gasteiger partial charge < -0.3 is 19.5 Å². The molecule has 0 aliphatic carbocycles. The van der Waals surface area contributed by atoms with Crippen molar-refractivity contribution in [2.75, 3.05) is 25.1 Å². The normalized spacial score (nSPS) is 12.8. The summed E-state index contributed by atoms with van der Waals surface area (Å²) in [4.78, 5) is 24.3. The fourth-order valence-electron chi connectivity index (χ4n) is 2.04. The summed E-state index contributed by atoms with van der Waals surface area (Å²) in [6, 6.07) is 8.86.